The van der Waals surface area contributed by atoms with E-state index in [1.165, 1.54) is 31.0 Å². The Morgan fingerprint density at radius 2 is 2.28 bits per heavy atom. The Kier molecular flexibility index (Phi) is 4.85. The van der Waals surface area contributed by atoms with Crippen molar-refractivity contribution in [1.82, 2.24) is 14.9 Å². The summed E-state index contributed by atoms with van der Waals surface area (Å²) in [5.74, 6) is -0.560. The van der Waals surface area contributed by atoms with Crippen molar-refractivity contribution in [2.45, 2.75) is 17.3 Å². The number of hydrogen-bond acceptors (Lipinski definition) is 5. The van der Waals surface area contributed by atoms with Crippen LogP contribution in [0.15, 0.2) is 17.6 Å². The molecule has 8 heteroatoms. The number of nitrogens with zero attached hydrogens (tertiary/aromatic N) is 2. The van der Waals surface area contributed by atoms with E-state index < -0.39 is 21.0 Å². The van der Waals surface area contributed by atoms with Crippen LogP contribution in [0.2, 0.25) is 0 Å². The fraction of sp³-hybridized carbons (Fsp3) is 0.600. The Hall–Kier alpha value is -1.41. The van der Waals surface area contributed by atoms with E-state index in [0.717, 1.165) is 0 Å². The number of methoxy groups -OCH3 is 1. The second-order valence-corrected chi connectivity index (χ2v) is 5.95. The molecule has 0 bridgehead atoms. The smallest absolute Gasteiger partial charge is 0.238 e. The van der Waals surface area contributed by atoms with Crippen molar-refractivity contribution in [2.24, 2.45) is 7.05 Å². The van der Waals surface area contributed by atoms with Crippen LogP contribution in [0, 0.1) is 0 Å². The van der Waals surface area contributed by atoms with Crippen LogP contribution in [-0.2, 0) is 26.4 Å². The Bertz CT molecular complexity index is 509. The molecule has 1 rings (SSSR count). The van der Waals surface area contributed by atoms with Crippen molar-refractivity contribution in [3.8, 4) is 0 Å². The van der Waals surface area contributed by atoms with Gasteiger partial charge in [0.25, 0.3) is 0 Å². The van der Waals surface area contributed by atoms with Crippen LogP contribution in [-0.4, -0.2) is 49.4 Å². The second-order valence-electron chi connectivity index (χ2n) is 3.79. The molecule has 0 aliphatic heterocycles. The highest BCUT2D eigenvalue weighted by Gasteiger charge is 2.32. The minimum absolute atomic E-state index is 0.114. The highest BCUT2D eigenvalue weighted by atomic mass is 32.2. The van der Waals surface area contributed by atoms with Gasteiger partial charge in [-0.05, 0) is 6.92 Å². The fourth-order valence-corrected chi connectivity index (χ4v) is 2.70. The van der Waals surface area contributed by atoms with Gasteiger partial charge < -0.3 is 14.6 Å². The predicted octanol–water partition coefficient (Wildman–Crippen LogP) is -0.655. The number of amides is 1. The number of aromatic nitrogens is 2. The zero-order chi connectivity index (χ0) is 13.8. The maximum atomic E-state index is 12.1. The van der Waals surface area contributed by atoms with E-state index in [-0.39, 0.29) is 11.7 Å². The molecule has 0 aromatic carbocycles. The zero-order valence-corrected chi connectivity index (χ0v) is 11.4. The summed E-state index contributed by atoms with van der Waals surface area (Å²) < 4.78 is 30.4. The number of carbonyl (C=O) groups excluding carboxylic acids is 1. The van der Waals surface area contributed by atoms with Crippen molar-refractivity contribution >= 4 is 15.7 Å². The molecule has 0 saturated carbocycles. The van der Waals surface area contributed by atoms with Gasteiger partial charge in [0, 0.05) is 33.1 Å². The van der Waals surface area contributed by atoms with Crippen LogP contribution >= 0.6 is 0 Å². The normalized spacial score (nSPS) is 13.3. The molecular weight excluding hydrogens is 258 g/mol. The van der Waals surface area contributed by atoms with Gasteiger partial charge in [0.1, 0.15) is 5.25 Å². The van der Waals surface area contributed by atoms with Crippen molar-refractivity contribution < 1.29 is 17.9 Å². The van der Waals surface area contributed by atoms with Crippen LogP contribution in [0.25, 0.3) is 0 Å². The largest absolute Gasteiger partial charge is 0.383 e. The lowest BCUT2D eigenvalue weighted by Crippen LogP contribution is -2.40. The monoisotopic (exact) mass is 275 g/mol. The topological polar surface area (TPSA) is 90.3 Å². The highest BCUT2D eigenvalue weighted by Crippen LogP contribution is 2.13. The highest BCUT2D eigenvalue weighted by molar-refractivity contribution is 7.92. The lowest BCUT2D eigenvalue weighted by atomic mass is 10.4. The number of aryl methyl sites for hydroxylation is 1. The molecule has 1 atom stereocenters. The molecule has 18 heavy (non-hydrogen) atoms. The summed E-state index contributed by atoms with van der Waals surface area (Å²) in [5, 5.41) is 1.19. The van der Waals surface area contributed by atoms with Gasteiger partial charge in [-0.1, -0.05) is 0 Å². The third-order valence-corrected chi connectivity index (χ3v) is 4.52. The summed E-state index contributed by atoms with van der Waals surface area (Å²) >= 11 is 0. The first-order valence-corrected chi connectivity index (χ1v) is 6.93. The number of imidazole rings is 1. The molecule has 1 unspecified atom stereocenters. The average Bonchev–Trinajstić information content (AvgIpc) is 2.75. The Morgan fingerprint density at radius 3 is 2.78 bits per heavy atom. The van der Waals surface area contributed by atoms with Crippen molar-refractivity contribution in [1.29, 1.82) is 0 Å². The molecule has 1 aromatic heterocycles. The quantitative estimate of drug-likeness (QED) is 0.696. The molecule has 0 aliphatic carbocycles. The van der Waals surface area contributed by atoms with Crippen molar-refractivity contribution in [3.05, 3.63) is 12.4 Å². The van der Waals surface area contributed by atoms with E-state index in [9.17, 15) is 13.2 Å². The number of sulfone groups is 1. The minimum Gasteiger partial charge on any atom is -0.383 e. The van der Waals surface area contributed by atoms with Crippen LogP contribution in [0.4, 0.5) is 0 Å². The molecule has 1 aromatic rings. The van der Waals surface area contributed by atoms with Crippen LogP contribution in [0.5, 0.6) is 0 Å². The summed E-state index contributed by atoms with van der Waals surface area (Å²) in [6.07, 6.45) is 2.89. The second kappa shape index (κ2) is 5.96. The molecule has 0 saturated heterocycles. The van der Waals surface area contributed by atoms with Gasteiger partial charge in [0.2, 0.25) is 20.9 Å². The SMILES string of the molecule is COCCNC(=O)C(C)S(=O)(=O)c1nccn1C. The maximum absolute atomic E-state index is 12.1. The Labute approximate surface area is 106 Å². The first kappa shape index (κ1) is 14.7. The lowest BCUT2D eigenvalue weighted by Gasteiger charge is -2.12. The van der Waals surface area contributed by atoms with E-state index in [1.807, 2.05) is 0 Å². The van der Waals surface area contributed by atoms with Gasteiger partial charge in [0.05, 0.1) is 6.61 Å². The van der Waals surface area contributed by atoms with Crippen molar-refractivity contribution in [2.75, 3.05) is 20.3 Å². The number of nitrogens with one attached hydrogen (secondary N) is 1. The standard InChI is InChI=1S/C10H17N3O4S/c1-8(9(14)11-5-7-17-3)18(15,16)10-12-4-6-13(10)2/h4,6,8H,5,7H2,1-3H3,(H,11,14). The van der Waals surface area contributed by atoms with E-state index in [1.54, 1.807) is 7.05 Å². The summed E-state index contributed by atoms with van der Waals surface area (Å²) in [6.45, 7) is 1.95. The predicted molar refractivity (Wildman–Crippen MR) is 64.7 cm³/mol. The summed E-state index contributed by atoms with van der Waals surface area (Å²) in [5.41, 5.74) is 0. The molecular formula is C10H17N3O4S. The van der Waals surface area contributed by atoms with E-state index in [0.29, 0.717) is 6.61 Å². The third kappa shape index (κ3) is 3.08. The fourth-order valence-electron chi connectivity index (χ4n) is 1.35. The molecule has 0 aliphatic rings. The summed E-state index contributed by atoms with van der Waals surface area (Å²) in [6, 6.07) is 0. The molecule has 0 fully saturated rings. The van der Waals surface area contributed by atoms with E-state index >= 15 is 0 Å². The van der Waals surface area contributed by atoms with Crippen molar-refractivity contribution in [3.63, 3.8) is 0 Å². The Balaban J connectivity index is 2.80. The van der Waals surface area contributed by atoms with Gasteiger partial charge in [0.15, 0.2) is 0 Å². The number of carbonyl (C=O) groups is 1. The summed E-state index contributed by atoms with van der Waals surface area (Å²) in [4.78, 5) is 15.4. The third-order valence-electron chi connectivity index (χ3n) is 2.47. The minimum atomic E-state index is -3.76. The van der Waals surface area contributed by atoms with Gasteiger partial charge >= 0.3 is 0 Å². The number of hydrogen-bond donors (Lipinski definition) is 1. The summed E-state index contributed by atoms with van der Waals surface area (Å²) in [7, 11) is -0.699. The first-order valence-electron chi connectivity index (χ1n) is 5.39. The molecule has 0 radical (unpaired) electrons. The van der Waals surface area contributed by atoms with Gasteiger partial charge in [-0.15, -0.1) is 0 Å². The lowest BCUT2D eigenvalue weighted by molar-refractivity contribution is -0.120. The molecule has 1 heterocycles. The Morgan fingerprint density at radius 1 is 1.61 bits per heavy atom. The van der Waals surface area contributed by atoms with E-state index in [4.69, 9.17) is 4.74 Å². The first-order chi connectivity index (χ1) is 8.41. The van der Waals surface area contributed by atoms with Crippen LogP contribution in [0.1, 0.15) is 6.92 Å². The number of rotatable bonds is 6. The van der Waals surface area contributed by atoms with Gasteiger partial charge in [-0.25, -0.2) is 13.4 Å². The van der Waals surface area contributed by atoms with Gasteiger partial charge in [-0.3, -0.25) is 4.79 Å². The van der Waals surface area contributed by atoms with E-state index in [2.05, 4.69) is 10.3 Å². The molecule has 0 spiro atoms. The molecule has 102 valence electrons. The molecule has 7 nitrogen and oxygen atoms in total. The van der Waals surface area contributed by atoms with Gasteiger partial charge in [-0.2, -0.15) is 0 Å². The maximum Gasteiger partial charge on any atom is 0.238 e. The zero-order valence-electron chi connectivity index (χ0n) is 10.6. The van der Waals surface area contributed by atoms with Crippen LogP contribution < -0.4 is 5.32 Å². The number of ether oxygens (including phenoxy) is 1. The molecule has 1 amide bonds. The molecule has 1 N–H and O–H groups in total. The van der Waals surface area contributed by atoms with Crippen LogP contribution in [0.3, 0.4) is 0 Å². The average molecular weight is 275 g/mol.